The zero-order valence-electron chi connectivity index (χ0n) is 13.9. The van der Waals surface area contributed by atoms with Crippen LogP contribution in [0.2, 0.25) is 0 Å². The predicted octanol–water partition coefficient (Wildman–Crippen LogP) is 4.39. The van der Waals surface area contributed by atoms with Gasteiger partial charge in [-0.05, 0) is 54.8 Å². The number of halogens is 1. The van der Waals surface area contributed by atoms with Crippen molar-refractivity contribution in [1.82, 2.24) is 4.98 Å². The Labute approximate surface area is 146 Å². The summed E-state index contributed by atoms with van der Waals surface area (Å²) in [6, 6.07) is 15.8. The van der Waals surface area contributed by atoms with Gasteiger partial charge in [-0.3, -0.25) is 4.98 Å². The van der Waals surface area contributed by atoms with E-state index in [0.29, 0.717) is 17.2 Å². The maximum absolute atomic E-state index is 13.9. The highest BCUT2D eigenvalue weighted by Gasteiger charge is 2.11. The lowest BCUT2D eigenvalue weighted by molar-refractivity contribution is 0.370. The maximum atomic E-state index is 13.9. The molecule has 0 amide bonds. The quantitative estimate of drug-likeness (QED) is 0.677. The molecule has 0 unspecified atom stereocenters. The zero-order valence-corrected chi connectivity index (χ0v) is 13.9. The minimum atomic E-state index is -0.513. The molecule has 0 spiro atoms. The maximum Gasteiger partial charge on any atom is 0.169 e. The molecule has 2 N–H and O–H groups in total. The van der Waals surface area contributed by atoms with Crippen molar-refractivity contribution in [2.75, 3.05) is 12.8 Å². The van der Waals surface area contributed by atoms with Crippen LogP contribution in [0.15, 0.2) is 60.8 Å². The number of aryl methyl sites for hydroxylation is 2. The van der Waals surface area contributed by atoms with E-state index in [2.05, 4.69) is 4.98 Å². The van der Waals surface area contributed by atoms with Crippen molar-refractivity contribution in [3.05, 3.63) is 77.9 Å². The molecule has 1 heterocycles. The Morgan fingerprint density at radius 2 is 1.80 bits per heavy atom. The van der Waals surface area contributed by atoms with E-state index < -0.39 is 5.82 Å². The third-order valence-corrected chi connectivity index (χ3v) is 3.80. The molecule has 0 aliphatic carbocycles. The molecule has 128 valence electrons. The molecule has 0 atom stereocenters. The average molecular weight is 338 g/mol. The highest BCUT2D eigenvalue weighted by molar-refractivity contribution is 5.48. The van der Waals surface area contributed by atoms with Gasteiger partial charge in [0.1, 0.15) is 0 Å². The van der Waals surface area contributed by atoms with Gasteiger partial charge in [0.25, 0.3) is 0 Å². The molecule has 5 heteroatoms. The summed E-state index contributed by atoms with van der Waals surface area (Å²) in [4.78, 5) is 4.32. The summed E-state index contributed by atoms with van der Waals surface area (Å²) in [5.41, 5.74) is 8.03. The molecule has 4 nitrogen and oxygen atoms in total. The van der Waals surface area contributed by atoms with Crippen molar-refractivity contribution in [3.63, 3.8) is 0 Å². The highest BCUT2D eigenvalue weighted by Crippen LogP contribution is 2.34. The van der Waals surface area contributed by atoms with Gasteiger partial charge in [0.05, 0.1) is 7.11 Å². The normalized spacial score (nSPS) is 10.5. The number of nitrogen functional groups attached to an aromatic ring is 1. The van der Waals surface area contributed by atoms with Gasteiger partial charge >= 0.3 is 0 Å². The van der Waals surface area contributed by atoms with Crippen LogP contribution in [0.3, 0.4) is 0 Å². The van der Waals surface area contributed by atoms with Crippen LogP contribution in [0, 0.1) is 5.82 Å². The molecular weight excluding hydrogens is 319 g/mol. The van der Waals surface area contributed by atoms with Crippen LogP contribution in [0.5, 0.6) is 17.2 Å². The molecule has 25 heavy (non-hydrogen) atoms. The van der Waals surface area contributed by atoms with E-state index in [0.717, 1.165) is 24.1 Å². The molecule has 2 aromatic carbocycles. The SMILES string of the molecule is COc1cc(CCc2ccccn2)ccc1Oc1ccc(N)cc1F. The van der Waals surface area contributed by atoms with Gasteiger partial charge in [-0.1, -0.05) is 12.1 Å². The number of aromatic nitrogens is 1. The van der Waals surface area contributed by atoms with E-state index >= 15 is 0 Å². The number of methoxy groups -OCH3 is 1. The standard InChI is InChI=1S/C20H19FN2O2/c1-24-20-12-14(5-8-16-4-2-3-11-23-16)6-9-19(20)25-18-10-7-15(22)13-17(18)21/h2-4,6-7,9-13H,5,8,22H2,1H3. The fraction of sp³-hybridized carbons (Fsp3) is 0.150. The minimum absolute atomic E-state index is 0.105. The van der Waals surface area contributed by atoms with Crippen LogP contribution in [0.4, 0.5) is 10.1 Å². The fourth-order valence-corrected chi connectivity index (χ4v) is 2.49. The number of nitrogens with zero attached hydrogens (tertiary/aromatic N) is 1. The second kappa shape index (κ2) is 7.66. The summed E-state index contributed by atoms with van der Waals surface area (Å²) in [5, 5.41) is 0. The Bertz CT molecular complexity index is 854. The number of benzene rings is 2. The number of ether oxygens (including phenoxy) is 2. The Kier molecular flexibility index (Phi) is 5.14. The molecule has 3 rings (SSSR count). The lowest BCUT2D eigenvalue weighted by Crippen LogP contribution is -1.97. The lowest BCUT2D eigenvalue weighted by atomic mass is 10.1. The Hall–Kier alpha value is -3.08. The second-order valence-corrected chi connectivity index (χ2v) is 5.60. The van der Waals surface area contributed by atoms with Crippen molar-refractivity contribution in [1.29, 1.82) is 0 Å². The van der Waals surface area contributed by atoms with E-state index in [1.807, 2.05) is 30.3 Å². The number of pyridine rings is 1. The van der Waals surface area contributed by atoms with Crippen molar-refractivity contribution in [2.45, 2.75) is 12.8 Å². The zero-order chi connectivity index (χ0) is 17.6. The molecule has 3 aromatic rings. The van der Waals surface area contributed by atoms with Gasteiger partial charge in [0.15, 0.2) is 23.1 Å². The number of anilines is 1. The van der Waals surface area contributed by atoms with Crippen molar-refractivity contribution in [3.8, 4) is 17.2 Å². The molecular formula is C20H19FN2O2. The van der Waals surface area contributed by atoms with Crippen molar-refractivity contribution in [2.24, 2.45) is 0 Å². The molecule has 0 saturated heterocycles. The first kappa shape index (κ1) is 16.8. The molecule has 0 radical (unpaired) electrons. The van der Waals surface area contributed by atoms with E-state index in [1.165, 1.54) is 12.1 Å². The van der Waals surface area contributed by atoms with Gasteiger partial charge in [-0.15, -0.1) is 0 Å². The smallest absolute Gasteiger partial charge is 0.169 e. The van der Waals surface area contributed by atoms with Gasteiger partial charge in [-0.2, -0.15) is 0 Å². The summed E-state index contributed by atoms with van der Waals surface area (Å²) < 4.78 is 24.9. The van der Waals surface area contributed by atoms with Gasteiger partial charge in [0.2, 0.25) is 0 Å². The number of hydrogen-bond acceptors (Lipinski definition) is 4. The summed E-state index contributed by atoms with van der Waals surface area (Å²) >= 11 is 0. The molecule has 0 saturated carbocycles. The Morgan fingerprint density at radius 3 is 2.52 bits per heavy atom. The molecule has 0 fully saturated rings. The lowest BCUT2D eigenvalue weighted by Gasteiger charge is -2.12. The number of hydrogen-bond donors (Lipinski definition) is 1. The van der Waals surface area contributed by atoms with Crippen LogP contribution in [0.25, 0.3) is 0 Å². The van der Waals surface area contributed by atoms with E-state index in [9.17, 15) is 4.39 Å². The fourth-order valence-electron chi connectivity index (χ4n) is 2.49. The molecule has 1 aromatic heterocycles. The van der Waals surface area contributed by atoms with Crippen LogP contribution in [0.1, 0.15) is 11.3 Å². The predicted molar refractivity (Wildman–Crippen MR) is 95.5 cm³/mol. The number of nitrogens with two attached hydrogens (primary N) is 1. The van der Waals surface area contributed by atoms with Crippen molar-refractivity contribution < 1.29 is 13.9 Å². The van der Waals surface area contributed by atoms with Gasteiger partial charge in [0, 0.05) is 23.6 Å². The van der Waals surface area contributed by atoms with E-state index in [1.54, 1.807) is 25.4 Å². The van der Waals surface area contributed by atoms with Crippen molar-refractivity contribution >= 4 is 5.69 Å². The minimum Gasteiger partial charge on any atom is -0.493 e. The Morgan fingerprint density at radius 1 is 0.960 bits per heavy atom. The Balaban J connectivity index is 1.75. The van der Waals surface area contributed by atoms with Gasteiger partial charge in [-0.25, -0.2) is 4.39 Å². The summed E-state index contributed by atoms with van der Waals surface area (Å²) in [5.74, 6) is 0.595. The summed E-state index contributed by atoms with van der Waals surface area (Å²) in [7, 11) is 1.56. The topological polar surface area (TPSA) is 57.4 Å². The molecule has 0 bridgehead atoms. The number of rotatable bonds is 6. The van der Waals surface area contributed by atoms with Gasteiger partial charge < -0.3 is 15.2 Å². The van der Waals surface area contributed by atoms with E-state index in [4.69, 9.17) is 15.2 Å². The molecule has 0 aliphatic rings. The first-order valence-electron chi connectivity index (χ1n) is 7.95. The first-order chi connectivity index (χ1) is 12.2. The molecule has 0 aliphatic heterocycles. The van der Waals surface area contributed by atoms with E-state index in [-0.39, 0.29) is 5.75 Å². The first-order valence-corrected chi connectivity index (χ1v) is 7.95. The summed E-state index contributed by atoms with van der Waals surface area (Å²) in [6.07, 6.45) is 3.44. The summed E-state index contributed by atoms with van der Waals surface area (Å²) in [6.45, 7) is 0. The van der Waals surface area contributed by atoms with Crippen LogP contribution >= 0.6 is 0 Å². The van der Waals surface area contributed by atoms with Crippen LogP contribution < -0.4 is 15.2 Å². The third-order valence-electron chi connectivity index (χ3n) is 3.80. The van der Waals surface area contributed by atoms with Crippen LogP contribution in [-0.2, 0) is 12.8 Å². The third kappa shape index (κ3) is 4.26. The van der Waals surface area contributed by atoms with Crippen LogP contribution in [-0.4, -0.2) is 12.1 Å². The monoisotopic (exact) mass is 338 g/mol. The average Bonchev–Trinajstić information content (AvgIpc) is 2.64. The second-order valence-electron chi connectivity index (χ2n) is 5.60. The largest absolute Gasteiger partial charge is 0.493 e. The highest BCUT2D eigenvalue weighted by atomic mass is 19.1.